The SMILES string of the molecule is CCCCN(CC)Sc1[c]cccc1. The molecule has 0 spiro atoms. The van der Waals surface area contributed by atoms with E-state index in [1.54, 1.807) is 11.9 Å². The van der Waals surface area contributed by atoms with E-state index in [0.29, 0.717) is 0 Å². The molecule has 1 rings (SSSR count). The maximum atomic E-state index is 3.23. The molecule has 0 aliphatic rings. The van der Waals surface area contributed by atoms with E-state index in [2.05, 4.69) is 36.4 Å². The largest absolute Gasteiger partial charge is 0.247 e. The van der Waals surface area contributed by atoms with Gasteiger partial charge in [-0.3, -0.25) is 0 Å². The predicted molar refractivity (Wildman–Crippen MR) is 63.3 cm³/mol. The van der Waals surface area contributed by atoms with Crippen LogP contribution in [0, 0.1) is 6.07 Å². The first-order chi connectivity index (χ1) is 6.86. The molecule has 0 N–H and O–H groups in total. The summed E-state index contributed by atoms with van der Waals surface area (Å²) in [4.78, 5) is 1.21. The Labute approximate surface area is 91.6 Å². The van der Waals surface area contributed by atoms with E-state index >= 15 is 0 Å². The van der Waals surface area contributed by atoms with E-state index in [9.17, 15) is 0 Å². The molecule has 14 heavy (non-hydrogen) atoms. The minimum atomic E-state index is 1.09. The third kappa shape index (κ3) is 4.16. The Balaban J connectivity index is 2.40. The quantitative estimate of drug-likeness (QED) is 0.657. The Bertz CT molecular complexity index is 235. The molecule has 0 saturated carbocycles. The molecule has 0 heterocycles. The van der Waals surface area contributed by atoms with Crippen molar-refractivity contribution in [1.82, 2.24) is 4.31 Å². The van der Waals surface area contributed by atoms with Gasteiger partial charge in [0.25, 0.3) is 0 Å². The van der Waals surface area contributed by atoms with Crippen molar-refractivity contribution in [2.24, 2.45) is 0 Å². The first-order valence-corrected chi connectivity index (χ1v) is 6.03. The van der Waals surface area contributed by atoms with Gasteiger partial charge in [0, 0.05) is 18.0 Å². The normalized spacial score (nSPS) is 10.8. The van der Waals surface area contributed by atoms with Crippen LogP contribution >= 0.6 is 11.9 Å². The highest BCUT2D eigenvalue weighted by molar-refractivity contribution is 7.97. The predicted octanol–water partition coefficient (Wildman–Crippen LogP) is 3.62. The van der Waals surface area contributed by atoms with Crippen LogP contribution in [-0.2, 0) is 0 Å². The molecule has 1 aromatic carbocycles. The van der Waals surface area contributed by atoms with Crippen molar-refractivity contribution in [3.63, 3.8) is 0 Å². The van der Waals surface area contributed by atoms with Gasteiger partial charge in [-0.05, 0) is 30.5 Å². The summed E-state index contributed by atoms with van der Waals surface area (Å²) in [6.07, 6.45) is 2.53. The summed E-state index contributed by atoms with van der Waals surface area (Å²) < 4.78 is 2.38. The van der Waals surface area contributed by atoms with Gasteiger partial charge >= 0.3 is 0 Å². The van der Waals surface area contributed by atoms with E-state index in [-0.39, 0.29) is 0 Å². The van der Waals surface area contributed by atoms with Crippen LogP contribution in [-0.4, -0.2) is 17.4 Å². The van der Waals surface area contributed by atoms with Gasteiger partial charge in [0.1, 0.15) is 0 Å². The number of unbranched alkanes of at least 4 members (excludes halogenated alkanes) is 1. The first-order valence-electron chi connectivity index (χ1n) is 5.26. The van der Waals surface area contributed by atoms with Crippen molar-refractivity contribution < 1.29 is 0 Å². The summed E-state index contributed by atoms with van der Waals surface area (Å²) in [5, 5.41) is 0. The van der Waals surface area contributed by atoms with Crippen molar-refractivity contribution in [2.45, 2.75) is 31.6 Å². The van der Waals surface area contributed by atoms with Crippen LogP contribution < -0.4 is 0 Å². The van der Waals surface area contributed by atoms with Crippen LogP contribution in [0.5, 0.6) is 0 Å². The molecule has 0 atom stereocenters. The fourth-order valence-electron chi connectivity index (χ4n) is 1.18. The van der Waals surface area contributed by atoms with E-state index in [0.717, 1.165) is 6.54 Å². The number of rotatable bonds is 6. The van der Waals surface area contributed by atoms with Gasteiger partial charge < -0.3 is 0 Å². The summed E-state index contributed by atoms with van der Waals surface area (Å²) in [7, 11) is 0. The molecule has 2 heteroatoms. The third-order valence-corrected chi connectivity index (χ3v) is 3.17. The fourth-order valence-corrected chi connectivity index (χ4v) is 2.06. The highest BCUT2D eigenvalue weighted by Gasteiger charge is 2.03. The van der Waals surface area contributed by atoms with Gasteiger partial charge in [-0.25, -0.2) is 4.31 Å². The van der Waals surface area contributed by atoms with Crippen molar-refractivity contribution >= 4 is 11.9 Å². The van der Waals surface area contributed by atoms with Crippen LogP contribution in [0.3, 0.4) is 0 Å². The van der Waals surface area contributed by atoms with Gasteiger partial charge in [0.05, 0.1) is 0 Å². The van der Waals surface area contributed by atoms with Crippen LogP contribution in [0.4, 0.5) is 0 Å². The maximum Gasteiger partial charge on any atom is 0.0309 e. The van der Waals surface area contributed by atoms with Crippen LogP contribution in [0.1, 0.15) is 26.7 Å². The first kappa shape index (κ1) is 11.6. The smallest absolute Gasteiger partial charge is 0.0309 e. The minimum Gasteiger partial charge on any atom is -0.247 e. The highest BCUT2D eigenvalue weighted by Crippen LogP contribution is 2.21. The molecule has 0 aliphatic heterocycles. The van der Waals surface area contributed by atoms with Gasteiger partial charge in [-0.15, -0.1) is 0 Å². The second kappa shape index (κ2) is 6.91. The molecule has 0 bridgehead atoms. The zero-order chi connectivity index (χ0) is 10.2. The zero-order valence-electron chi connectivity index (χ0n) is 8.99. The molecule has 0 aliphatic carbocycles. The van der Waals surface area contributed by atoms with Crippen molar-refractivity contribution in [1.29, 1.82) is 0 Å². The van der Waals surface area contributed by atoms with E-state index in [1.165, 1.54) is 24.3 Å². The Morgan fingerprint density at radius 3 is 2.79 bits per heavy atom. The summed E-state index contributed by atoms with van der Waals surface area (Å²) in [6, 6.07) is 11.4. The van der Waals surface area contributed by atoms with Gasteiger partial charge in [0.2, 0.25) is 0 Å². The zero-order valence-corrected chi connectivity index (χ0v) is 9.81. The summed E-state index contributed by atoms with van der Waals surface area (Å²) in [6.45, 7) is 6.69. The topological polar surface area (TPSA) is 3.24 Å². The molecule has 0 amide bonds. The molecule has 0 saturated heterocycles. The lowest BCUT2D eigenvalue weighted by Gasteiger charge is -2.18. The number of hydrogen-bond donors (Lipinski definition) is 0. The lowest BCUT2D eigenvalue weighted by atomic mass is 10.3. The summed E-state index contributed by atoms with van der Waals surface area (Å²) >= 11 is 1.81. The van der Waals surface area contributed by atoms with Gasteiger partial charge in [-0.2, -0.15) is 0 Å². The molecule has 0 aromatic heterocycles. The number of benzene rings is 1. The monoisotopic (exact) mass is 208 g/mol. The van der Waals surface area contributed by atoms with Crippen LogP contribution in [0.25, 0.3) is 0 Å². The number of hydrogen-bond acceptors (Lipinski definition) is 2. The summed E-state index contributed by atoms with van der Waals surface area (Å²) in [5.74, 6) is 0. The Hall–Kier alpha value is -0.470. The second-order valence-electron chi connectivity index (χ2n) is 3.19. The molecule has 0 unspecified atom stereocenters. The van der Waals surface area contributed by atoms with E-state index in [4.69, 9.17) is 0 Å². The third-order valence-electron chi connectivity index (χ3n) is 2.02. The molecular formula is C12H18NS. The van der Waals surface area contributed by atoms with Crippen molar-refractivity contribution in [3.05, 3.63) is 30.3 Å². The Morgan fingerprint density at radius 1 is 1.36 bits per heavy atom. The standard InChI is InChI=1S/C12H18NS/c1-3-5-11-13(4-2)14-12-9-7-6-8-10-12/h6-9H,3-5,11H2,1-2H3. The fraction of sp³-hybridized carbons (Fsp3) is 0.500. The average Bonchev–Trinajstić information content (AvgIpc) is 2.25. The molecule has 1 nitrogen and oxygen atoms in total. The molecule has 1 aromatic rings. The lowest BCUT2D eigenvalue weighted by molar-refractivity contribution is 0.479. The second-order valence-corrected chi connectivity index (χ2v) is 4.33. The van der Waals surface area contributed by atoms with Crippen LogP contribution in [0.15, 0.2) is 29.2 Å². The number of nitrogens with zero attached hydrogens (tertiary/aromatic N) is 1. The van der Waals surface area contributed by atoms with Crippen LogP contribution in [0.2, 0.25) is 0 Å². The van der Waals surface area contributed by atoms with E-state index < -0.39 is 0 Å². The average molecular weight is 208 g/mol. The van der Waals surface area contributed by atoms with Crippen molar-refractivity contribution in [3.8, 4) is 0 Å². The van der Waals surface area contributed by atoms with Gasteiger partial charge in [0.15, 0.2) is 0 Å². The molecule has 1 radical (unpaired) electrons. The summed E-state index contributed by atoms with van der Waals surface area (Å²) in [5.41, 5.74) is 0. The van der Waals surface area contributed by atoms with E-state index in [1.807, 2.05) is 12.1 Å². The lowest BCUT2D eigenvalue weighted by Crippen LogP contribution is -2.15. The Morgan fingerprint density at radius 2 is 2.21 bits per heavy atom. The molecule has 77 valence electrons. The van der Waals surface area contributed by atoms with Crippen molar-refractivity contribution in [2.75, 3.05) is 13.1 Å². The molecular weight excluding hydrogens is 190 g/mol. The maximum absolute atomic E-state index is 3.23. The van der Waals surface area contributed by atoms with Gasteiger partial charge in [-0.1, -0.05) is 38.5 Å². The Kier molecular flexibility index (Phi) is 5.72. The molecule has 0 fully saturated rings. The highest BCUT2D eigenvalue weighted by atomic mass is 32.2. The minimum absolute atomic E-state index is 1.09.